The zero-order chi connectivity index (χ0) is 29.3. The molecule has 3 aromatic carbocycles. The molecule has 0 saturated heterocycles. The van der Waals surface area contributed by atoms with Crippen LogP contribution in [-0.4, -0.2) is 57.4 Å². The van der Waals surface area contributed by atoms with Gasteiger partial charge in [0.05, 0.1) is 17.7 Å². The highest BCUT2D eigenvalue weighted by Crippen LogP contribution is 2.32. The largest absolute Gasteiger partial charge is 0.495 e. The molecule has 0 fully saturated rings. The number of carbonyl (C=O) groups is 2. The second kappa shape index (κ2) is 14.0. The van der Waals surface area contributed by atoms with Crippen molar-refractivity contribution < 1.29 is 22.7 Å². The Morgan fingerprint density at radius 3 is 2.17 bits per heavy atom. The summed E-state index contributed by atoms with van der Waals surface area (Å²) in [4.78, 5) is 28.6. The lowest BCUT2D eigenvalue weighted by atomic mass is 10.1. The summed E-state index contributed by atoms with van der Waals surface area (Å²) in [5.41, 5.74) is 2.15. The van der Waals surface area contributed by atoms with E-state index in [4.69, 9.17) is 4.74 Å². The second-order valence-corrected chi connectivity index (χ2v) is 11.7. The maximum atomic E-state index is 14.0. The molecule has 0 radical (unpaired) electrons. The Balaban J connectivity index is 2.01. The van der Waals surface area contributed by atoms with Gasteiger partial charge in [-0.3, -0.25) is 13.9 Å². The molecule has 2 amide bonds. The normalized spacial score (nSPS) is 12.7. The molecule has 0 heterocycles. The minimum absolute atomic E-state index is 0.0511. The van der Waals surface area contributed by atoms with Crippen LogP contribution in [0.2, 0.25) is 0 Å². The first-order chi connectivity index (χ1) is 19.1. The zero-order valence-corrected chi connectivity index (χ0v) is 24.6. The monoisotopic (exact) mass is 565 g/mol. The lowest BCUT2D eigenvalue weighted by Gasteiger charge is -2.32. The summed E-state index contributed by atoms with van der Waals surface area (Å²) in [6, 6.07) is 21.9. The van der Waals surface area contributed by atoms with Crippen molar-refractivity contribution >= 4 is 27.5 Å². The molecule has 0 aliphatic heterocycles. The summed E-state index contributed by atoms with van der Waals surface area (Å²) in [6.45, 7) is 7.14. The van der Waals surface area contributed by atoms with Crippen LogP contribution in [0.25, 0.3) is 0 Å². The molecule has 3 rings (SSSR count). The van der Waals surface area contributed by atoms with Gasteiger partial charge in [0.25, 0.3) is 10.0 Å². The molecule has 0 unspecified atom stereocenters. The lowest BCUT2D eigenvalue weighted by Crippen LogP contribution is -2.53. The number of para-hydroxylation sites is 2. The van der Waals surface area contributed by atoms with Gasteiger partial charge in [-0.25, -0.2) is 8.42 Å². The van der Waals surface area contributed by atoms with Gasteiger partial charge in [0.2, 0.25) is 11.8 Å². The lowest BCUT2D eigenvalue weighted by molar-refractivity contribution is -0.139. The maximum Gasteiger partial charge on any atom is 0.264 e. The van der Waals surface area contributed by atoms with Crippen LogP contribution in [0.5, 0.6) is 5.75 Å². The van der Waals surface area contributed by atoms with Crippen molar-refractivity contribution in [2.75, 3.05) is 24.5 Å². The summed E-state index contributed by atoms with van der Waals surface area (Å²) in [5.74, 6) is -0.477. The van der Waals surface area contributed by atoms with E-state index in [9.17, 15) is 18.0 Å². The highest BCUT2D eigenvalue weighted by molar-refractivity contribution is 7.92. The standard InChI is InChI=1S/C31H39N3O5S/c1-6-24(3)32-31(36)25(4)33(21-20-26-12-8-7-9-13-26)30(35)22-34(28-14-10-11-15-29(28)39-5)40(37,38)27-18-16-23(2)17-19-27/h7-19,24-25H,6,20-22H2,1-5H3,(H,32,36)/t24-,25-/m1/s1. The number of nitrogens with zero attached hydrogens (tertiary/aromatic N) is 2. The molecular formula is C31H39N3O5S. The van der Waals surface area contributed by atoms with Crippen molar-refractivity contribution in [1.82, 2.24) is 10.2 Å². The molecule has 40 heavy (non-hydrogen) atoms. The highest BCUT2D eigenvalue weighted by atomic mass is 32.2. The summed E-state index contributed by atoms with van der Waals surface area (Å²) in [6.07, 6.45) is 1.25. The van der Waals surface area contributed by atoms with Crippen molar-refractivity contribution in [3.05, 3.63) is 90.0 Å². The van der Waals surface area contributed by atoms with E-state index in [0.717, 1.165) is 21.9 Å². The van der Waals surface area contributed by atoms with E-state index in [2.05, 4.69) is 5.32 Å². The Hall–Kier alpha value is -3.85. The predicted molar refractivity (Wildman–Crippen MR) is 158 cm³/mol. The zero-order valence-electron chi connectivity index (χ0n) is 23.8. The van der Waals surface area contributed by atoms with E-state index in [0.29, 0.717) is 12.2 Å². The number of hydrogen-bond acceptors (Lipinski definition) is 5. The van der Waals surface area contributed by atoms with Crippen LogP contribution < -0.4 is 14.4 Å². The van der Waals surface area contributed by atoms with Gasteiger partial charge in [0.1, 0.15) is 18.3 Å². The average Bonchev–Trinajstić information content (AvgIpc) is 2.96. The number of hydrogen-bond donors (Lipinski definition) is 1. The van der Waals surface area contributed by atoms with E-state index in [1.807, 2.05) is 51.1 Å². The number of benzene rings is 3. The van der Waals surface area contributed by atoms with Gasteiger partial charge in [0.15, 0.2) is 0 Å². The molecule has 0 bridgehead atoms. The van der Waals surface area contributed by atoms with Gasteiger partial charge in [-0.05, 0) is 63.4 Å². The number of aryl methyl sites for hydroxylation is 1. The third-order valence-corrected chi connectivity index (χ3v) is 8.67. The number of carbonyl (C=O) groups excluding carboxylic acids is 2. The maximum absolute atomic E-state index is 14.0. The van der Waals surface area contributed by atoms with Crippen molar-refractivity contribution in [2.24, 2.45) is 0 Å². The molecule has 0 spiro atoms. The number of methoxy groups -OCH3 is 1. The van der Waals surface area contributed by atoms with Crippen LogP contribution in [0.4, 0.5) is 5.69 Å². The van der Waals surface area contributed by atoms with E-state index in [1.54, 1.807) is 43.3 Å². The smallest absolute Gasteiger partial charge is 0.264 e. The summed E-state index contributed by atoms with van der Waals surface area (Å²) < 4.78 is 34.4. The van der Waals surface area contributed by atoms with Gasteiger partial charge in [-0.15, -0.1) is 0 Å². The molecule has 3 aromatic rings. The summed E-state index contributed by atoms with van der Waals surface area (Å²) >= 11 is 0. The van der Waals surface area contributed by atoms with Gasteiger partial charge in [-0.1, -0.05) is 67.1 Å². The van der Waals surface area contributed by atoms with E-state index in [1.165, 1.54) is 24.1 Å². The number of ether oxygens (including phenoxy) is 1. The molecule has 0 aliphatic rings. The predicted octanol–water partition coefficient (Wildman–Crippen LogP) is 4.57. The Morgan fingerprint density at radius 1 is 0.925 bits per heavy atom. The average molecular weight is 566 g/mol. The fourth-order valence-corrected chi connectivity index (χ4v) is 5.65. The molecule has 8 nitrogen and oxygen atoms in total. The minimum atomic E-state index is -4.16. The molecule has 0 aromatic heterocycles. The van der Waals surface area contributed by atoms with Crippen LogP contribution in [0.3, 0.4) is 0 Å². The van der Waals surface area contributed by atoms with Crippen LogP contribution in [-0.2, 0) is 26.0 Å². The van der Waals surface area contributed by atoms with Gasteiger partial charge < -0.3 is 15.0 Å². The number of nitrogens with one attached hydrogen (secondary N) is 1. The quantitative estimate of drug-likeness (QED) is 0.328. The van der Waals surface area contributed by atoms with Crippen LogP contribution in [0.1, 0.15) is 38.3 Å². The van der Waals surface area contributed by atoms with Crippen molar-refractivity contribution in [2.45, 2.75) is 57.5 Å². The number of rotatable bonds is 13. The molecule has 2 atom stereocenters. The Labute approximate surface area is 238 Å². The molecular weight excluding hydrogens is 526 g/mol. The van der Waals surface area contributed by atoms with E-state index < -0.39 is 28.5 Å². The van der Waals surface area contributed by atoms with Crippen molar-refractivity contribution in [3.63, 3.8) is 0 Å². The molecule has 0 aliphatic carbocycles. The summed E-state index contributed by atoms with van der Waals surface area (Å²) in [7, 11) is -2.71. The first kappa shape index (κ1) is 30.7. The number of anilines is 1. The van der Waals surface area contributed by atoms with E-state index in [-0.39, 0.29) is 29.1 Å². The minimum Gasteiger partial charge on any atom is -0.495 e. The Kier molecular flexibility index (Phi) is 10.7. The van der Waals surface area contributed by atoms with Crippen molar-refractivity contribution in [1.29, 1.82) is 0 Å². The fraction of sp³-hybridized carbons (Fsp3) is 0.355. The highest BCUT2D eigenvalue weighted by Gasteiger charge is 2.33. The molecule has 0 saturated carbocycles. The molecule has 9 heteroatoms. The first-order valence-corrected chi connectivity index (χ1v) is 14.9. The van der Waals surface area contributed by atoms with Crippen LogP contribution >= 0.6 is 0 Å². The number of sulfonamides is 1. The second-order valence-electron chi connectivity index (χ2n) is 9.81. The van der Waals surface area contributed by atoms with E-state index >= 15 is 0 Å². The third kappa shape index (κ3) is 7.63. The molecule has 214 valence electrons. The fourth-order valence-electron chi connectivity index (χ4n) is 4.22. The Morgan fingerprint density at radius 2 is 1.55 bits per heavy atom. The molecule has 1 N–H and O–H groups in total. The van der Waals surface area contributed by atoms with Gasteiger partial charge >= 0.3 is 0 Å². The first-order valence-electron chi connectivity index (χ1n) is 13.4. The topological polar surface area (TPSA) is 96.0 Å². The Bertz CT molecular complexity index is 1380. The van der Waals surface area contributed by atoms with Gasteiger partial charge in [0, 0.05) is 12.6 Å². The third-order valence-electron chi connectivity index (χ3n) is 6.89. The van der Waals surface area contributed by atoms with Crippen LogP contribution in [0.15, 0.2) is 83.8 Å². The SMILES string of the molecule is CC[C@@H](C)NC(=O)[C@@H](C)N(CCc1ccccc1)C(=O)CN(c1ccccc1OC)S(=O)(=O)c1ccc(C)cc1. The van der Waals surface area contributed by atoms with Crippen molar-refractivity contribution in [3.8, 4) is 5.75 Å². The summed E-state index contributed by atoms with van der Waals surface area (Å²) in [5, 5.41) is 2.94. The number of amides is 2. The van der Waals surface area contributed by atoms with Crippen LogP contribution in [0, 0.1) is 6.92 Å². The van der Waals surface area contributed by atoms with Gasteiger partial charge in [-0.2, -0.15) is 0 Å².